The molecule has 0 spiro atoms. The first kappa shape index (κ1) is 28.5. The second-order valence-electron chi connectivity index (χ2n) is 10.5. The van der Waals surface area contributed by atoms with Gasteiger partial charge in [-0.3, -0.25) is 9.59 Å². The number of amides is 2. The lowest BCUT2D eigenvalue weighted by molar-refractivity contribution is -0.141. The SMILES string of the molecule is CC(C)CNC(=O)[C@@H](c1ccccc1)N(Cc1ccccc1)C(=O)CCc1ccc(S(=O)(=O)NC2CC2)cc1. The Morgan fingerprint density at radius 2 is 1.49 bits per heavy atom. The normalized spacial score (nSPS) is 14.1. The van der Waals surface area contributed by atoms with E-state index in [1.807, 2.05) is 74.5 Å². The zero-order chi connectivity index (χ0) is 27.8. The van der Waals surface area contributed by atoms with Crippen molar-refractivity contribution in [2.24, 2.45) is 5.92 Å². The Morgan fingerprint density at radius 1 is 0.872 bits per heavy atom. The Bertz CT molecular complexity index is 1340. The standard InChI is InChI=1S/C31H37N3O4S/c1-23(2)21-32-31(36)30(26-11-7-4-8-12-26)34(22-25-9-5-3-6-10-25)29(35)20-15-24-13-18-28(19-14-24)39(37,38)33-27-16-17-27/h3-14,18-19,23,27,30,33H,15-17,20-22H2,1-2H3,(H,32,36)/t30-/m1/s1. The van der Waals surface area contributed by atoms with Crippen LogP contribution >= 0.6 is 0 Å². The summed E-state index contributed by atoms with van der Waals surface area (Å²) in [6.07, 6.45) is 2.35. The third-order valence-electron chi connectivity index (χ3n) is 6.64. The fraction of sp³-hybridized carbons (Fsp3) is 0.355. The largest absolute Gasteiger partial charge is 0.354 e. The summed E-state index contributed by atoms with van der Waals surface area (Å²) in [4.78, 5) is 29.2. The Hall–Kier alpha value is -3.49. The molecule has 0 heterocycles. The molecule has 1 aliphatic rings. The van der Waals surface area contributed by atoms with Gasteiger partial charge < -0.3 is 10.2 Å². The zero-order valence-corrected chi connectivity index (χ0v) is 23.4. The van der Waals surface area contributed by atoms with Gasteiger partial charge in [0, 0.05) is 25.6 Å². The van der Waals surface area contributed by atoms with Gasteiger partial charge in [-0.2, -0.15) is 0 Å². The molecule has 8 heteroatoms. The van der Waals surface area contributed by atoms with E-state index in [4.69, 9.17) is 0 Å². The number of carbonyl (C=O) groups is 2. The van der Waals surface area contributed by atoms with Gasteiger partial charge in [0.05, 0.1) is 4.90 Å². The Kier molecular flexibility index (Phi) is 9.54. The van der Waals surface area contributed by atoms with Crippen LogP contribution in [0.2, 0.25) is 0 Å². The summed E-state index contributed by atoms with van der Waals surface area (Å²) >= 11 is 0. The maximum Gasteiger partial charge on any atom is 0.247 e. The van der Waals surface area contributed by atoms with E-state index in [0.717, 1.165) is 29.5 Å². The first-order chi connectivity index (χ1) is 18.7. The first-order valence-electron chi connectivity index (χ1n) is 13.5. The van der Waals surface area contributed by atoms with Gasteiger partial charge in [0.1, 0.15) is 6.04 Å². The molecule has 0 radical (unpaired) electrons. The molecule has 0 saturated heterocycles. The van der Waals surface area contributed by atoms with Crippen molar-refractivity contribution in [1.29, 1.82) is 0 Å². The van der Waals surface area contributed by atoms with Gasteiger partial charge in [-0.05, 0) is 54.0 Å². The number of sulfonamides is 1. The molecule has 206 valence electrons. The van der Waals surface area contributed by atoms with Gasteiger partial charge in [-0.15, -0.1) is 0 Å². The molecule has 4 rings (SSSR count). The number of aryl methyl sites for hydroxylation is 1. The van der Waals surface area contributed by atoms with Crippen LogP contribution in [-0.4, -0.2) is 37.7 Å². The third kappa shape index (κ3) is 8.25. The molecular weight excluding hydrogens is 510 g/mol. The highest BCUT2D eigenvalue weighted by molar-refractivity contribution is 7.89. The van der Waals surface area contributed by atoms with E-state index in [1.54, 1.807) is 29.2 Å². The molecule has 1 saturated carbocycles. The molecule has 0 bridgehead atoms. The van der Waals surface area contributed by atoms with Crippen LogP contribution in [0.15, 0.2) is 89.8 Å². The Labute approximate surface area is 231 Å². The van der Waals surface area contributed by atoms with Crippen LogP contribution in [0.1, 0.15) is 55.8 Å². The molecule has 3 aromatic rings. The predicted molar refractivity (Wildman–Crippen MR) is 152 cm³/mol. The molecule has 1 fully saturated rings. The summed E-state index contributed by atoms with van der Waals surface area (Å²) in [5.41, 5.74) is 2.54. The molecule has 3 aromatic carbocycles. The van der Waals surface area contributed by atoms with Crippen molar-refractivity contribution < 1.29 is 18.0 Å². The van der Waals surface area contributed by atoms with Gasteiger partial charge >= 0.3 is 0 Å². The van der Waals surface area contributed by atoms with Crippen molar-refractivity contribution in [2.75, 3.05) is 6.54 Å². The topological polar surface area (TPSA) is 95.6 Å². The summed E-state index contributed by atoms with van der Waals surface area (Å²) in [5.74, 6) is -0.0914. The average Bonchev–Trinajstić information content (AvgIpc) is 3.75. The monoisotopic (exact) mass is 547 g/mol. The number of hydrogen-bond donors (Lipinski definition) is 2. The fourth-order valence-corrected chi connectivity index (χ4v) is 5.64. The van der Waals surface area contributed by atoms with Crippen LogP contribution in [0.3, 0.4) is 0 Å². The predicted octanol–water partition coefficient (Wildman–Crippen LogP) is 4.60. The molecule has 1 atom stereocenters. The van der Waals surface area contributed by atoms with E-state index in [1.165, 1.54) is 0 Å². The highest BCUT2D eigenvalue weighted by Crippen LogP contribution is 2.26. The van der Waals surface area contributed by atoms with Crippen molar-refractivity contribution in [3.8, 4) is 0 Å². The van der Waals surface area contributed by atoms with Crippen molar-refractivity contribution in [3.63, 3.8) is 0 Å². The van der Waals surface area contributed by atoms with Crippen molar-refractivity contribution >= 4 is 21.8 Å². The summed E-state index contributed by atoms with van der Waals surface area (Å²) in [5, 5.41) is 3.02. The molecule has 0 unspecified atom stereocenters. The number of hydrogen-bond acceptors (Lipinski definition) is 4. The maximum absolute atomic E-state index is 13.8. The Balaban J connectivity index is 1.54. The van der Waals surface area contributed by atoms with E-state index in [-0.39, 0.29) is 35.1 Å². The van der Waals surface area contributed by atoms with Gasteiger partial charge in [0.15, 0.2) is 0 Å². The quantitative estimate of drug-likeness (QED) is 0.327. The highest BCUT2D eigenvalue weighted by Gasteiger charge is 2.31. The average molecular weight is 548 g/mol. The van der Waals surface area contributed by atoms with Crippen LogP contribution < -0.4 is 10.0 Å². The van der Waals surface area contributed by atoms with Crippen molar-refractivity contribution in [3.05, 3.63) is 102 Å². The van der Waals surface area contributed by atoms with Gasteiger partial charge in [0.2, 0.25) is 21.8 Å². The molecule has 7 nitrogen and oxygen atoms in total. The smallest absolute Gasteiger partial charge is 0.247 e. The fourth-order valence-electron chi connectivity index (χ4n) is 4.33. The zero-order valence-electron chi connectivity index (χ0n) is 22.5. The van der Waals surface area contributed by atoms with E-state index in [9.17, 15) is 18.0 Å². The molecule has 1 aliphatic carbocycles. The summed E-state index contributed by atoms with van der Waals surface area (Å²) < 4.78 is 27.6. The number of nitrogens with zero attached hydrogens (tertiary/aromatic N) is 1. The van der Waals surface area contributed by atoms with E-state index < -0.39 is 16.1 Å². The lowest BCUT2D eigenvalue weighted by atomic mass is 10.0. The van der Waals surface area contributed by atoms with Crippen LogP contribution in [0.5, 0.6) is 0 Å². The molecule has 2 N–H and O–H groups in total. The van der Waals surface area contributed by atoms with Crippen LogP contribution in [-0.2, 0) is 32.6 Å². The number of nitrogens with one attached hydrogen (secondary N) is 2. The van der Waals surface area contributed by atoms with Gasteiger partial charge in [-0.1, -0.05) is 86.6 Å². The minimum atomic E-state index is -3.53. The van der Waals surface area contributed by atoms with Gasteiger partial charge in [-0.25, -0.2) is 13.1 Å². The van der Waals surface area contributed by atoms with Crippen molar-refractivity contribution in [1.82, 2.24) is 14.9 Å². The van der Waals surface area contributed by atoms with E-state index in [2.05, 4.69) is 10.0 Å². The molecule has 0 aliphatic heterocycles. The highest BCUT2D eigenvalue weighted by atomic mass is 32.2. The number of benzene rings is 3. The third-order valence-corrected chi connectivity index (χ3v) is 8.17. The molecular formula is C31H37N3O4S. The molecule has 2 amide bonds. The van der Waals surface area contributed by atoms with Crippen LogP contribution in [0.4, 0.5) is 0 Å². The number of rotatable bonds is 13. The summed E-state index contributed by atoms with van der Waals surface area (Å²) in [7, 11) is -3.53. The summed E-state index contributed by atoms with van der Waals surface area (Å²) in [6, 6.07) is 25.0. The second-order valence-corrected chi connectivity index (χ2v) is 12.2. The second kappa shape index (κ2) is 13.0. The van der Waals surface area contributed by atoms with Crippen LogP contribution in [0.25, 0.3) is 0 Å². The minimum Gasteiger partial charge on any atom is -0.354 e. The summed E-state index contributed by atoms with van der Waals surface area (Å²) in [6.45, 7) is 4.87. The van der Waals surface area contributed by atoms with Crippen LogP contribution in [0, 0.1) is 5.92 Å². The van der Waals surface area contributed by atoms with E-state index in [0.29, 0.717) is 19.5 Å². The lowest BCUT2D eigenvalue weighted by Gasteiger charge is -2.32. The molecule has 0 aromatic heterocycles. The minimum absolute atomic E-state index is 0.0400. The van der Waals surface area contributed by atoms with Crippen molar-refractivity contribution in [2.45, 2.75) is 63.1 Å². The number of carbonyl (C=O) groups excluding carboxylic acids is 2. The molecule has 39 heavy (non-hydrogen) atoms. The lowest BCUT2D eigenvalue weighted by Crippen LogP contribution is -2.44. The maximum atomic E-state index is 13.8. The van der Waals surface area contributed by atoms with E-state index >= 15 is 0 Å². The Morgan fingerprint density at radius 3 is 2.08 bits per heavy atom. The van der Waals surface area contributed by atoms with Gasteiger partial charge in [0.25, 0.3) is 0 Å². The first-order valence-corrected chi connectivity index (χ1v) is 15.0.